The molecule has 0 amide bonds. The summed E-state index contributed by atoms with van der Waals surface area (Å²) in [6.07, 6.45) is 1.04. The Hall–Kier alpha value is -1.18. The van der Waals surface area contributed by atoms with Crippen molar-refractivity contribution in [2.75, 3.05) is 5.73 Å². The van der Waals surface area contributed by atoms with Crippen LogP contribution >= 0.6 is 0 Å². The molecule has 1 rings (SSSR count). The zero-order chi connectivity index (χ0) is 10.0. The first-order valence-corrected chi connectivity index (χ1v) is 4.65. The molecule has 2 heteroatoms. The second-order valence-electron chi connectivity index (χ2n) is 3.54. The standard InChI is InChI=1S/C11H17NO/c1-4-7(2)10-8(3)5-6-9(13)11(10)12/h5-7,13H,4,12H2,1-3H3. The van der Waals surface area contributed by atoms with Crippen LogP contribution in [-0.2, 0) is 0 Å². The van der Waals surface area contributed by atoms with E-state index in [9.17, 15) is 5.11 Å². The van der Waals surface area contributed by atoms with Gasteiger partial charge < -0.3 is 10.8 Å². The van der Waals surface area contributed by atoms with Gasteiger partial charge in [-0.15, -0.1) is 0 Å². The van der Waals surface area contributed by atoms with Crippen LogP contribution in [0.3, 0.4) is 0 Å². The number of phenolic OH excluding ortho intramolecular Hbond substituents is 1. The van der Waals surface area contributed by atoms with Crippen molar-refractivity contribution in [3.63, 3.8) is 0 Å². The summed E-state index contributed by atoms with van der Waals surface area (Å²) in [4.78, 5) is 0. The van der Waals surface area contributed by atoms with Gasteiger partial charge in [-0.3, -0.25) is 0 Å². The summed E-state index contributed by atoms with van der Waals surface area (Å²) in [5.74, 6) is 0.605. The number of hydrogen-bond donors (Lipinski definition) is 2. The lowest BCUT2D eigenvalue weighted by Crippen LogP contribution is -2.01. The highest BCUT2D eigenvalue weighted by Crippen LogP contribution is 2.33. The average Bonchev–Trinajstić information content (AvgIpc) is 2.12. The fraction of sp³-hybridized carbons (Fsp3) is 0.455. The van der Waals surface area contributed by atoms with Crippen LogP contribution in [-0.4, -0.2) is 5.11 Å². The van der Waals surface area contributed by atoms with E-state index in [4.69, 9.17) is 5.73 Å². The van der Waals surface area contributed by atoms with E-state index in [0.717, 1.165) is 17.5 Å². The molecule has 0 fully saturated rings. The fourth-order valence-electron chi connectivity index (χ4n) is 1.59. The molecule has 0 saturated carbocycles. The number of phenols is 1. The minimum Gasteiger partial charge on any atom is -0.506 e. The van der Waals surface area contributed by atoms with Crippen molar-refractivity contribution in [2.24, 2.45) is 0 Å². The van der Waals surface area contributed by atoms with Crippen LogP contribution in [0.5, 0.6) is 5.75 Å². The van der Waals surface area contributed by atoms with Gasteiger partial charge in [0.05, 0.1) is 5.69 Å². The van der Waals surface area contributed by atoms with E-state index >= 15 is 0 Å². The first kappa shape index (κ1) is 9.90. The number of hydrogen-bond acceptors (Lipinski definition) is 2. The van der Waals surface area contributed by atoms with E-state index in [1.807, 2.05) is 13.0 Å². The lowest BCUT2D eigenvalue weighted by atomic mass is 9.92. The first-order chi connectivity index (χ1) is 6.07. The topological polar surface area (TPSA) is 46.2 Å². The maximum atomic E-state index is 9.44. The van der Waals surface area contributed by atoms with E-state index in [2.05, 4.69) is 13.8 Å². The van der Waals surface area contributed by atoms with Gasteiger partial charge in [0.15, 0.2) is 0 Å². The number of nitrogens with two attached hydrogens (primary N) is 1. The van der Waals surface area contributed by atoms with Crippen LogP contribution < -0.4 is 5.73 Å². The largest absolute Gasteiger partial charge is 0.506 e. The van der Waals surface area contributed by atoms with E-state index in [1.54, 1.807) is 6.07 Å². The summed E-state index contributed by atoms with van der Waals surface area (Å²) in [5, 5.41) is 9.44. The molecule has 2 nitrogen and oxygen atoms in total. The summed E-state index contributed by atoms with van der Waals surface area (Å²) in [6.45, 7) is 6.27. The summed E-state index contributed by atoms with van der Waals surface area (Å²) in [5.41, 5.74) is 8.59. The van der Waals surface area contributed by atoms with Crippen molar-refractivity contribution in [1.82, 2.24) is 0 Å². The van der Waals surface area contributed by atoms with Gasteiger partial charge in [0, 0.05) is 0 Å². The average molecular weight is 179 g/mol. The molecular weight excluding hydrogens is 162 g/mol. The summed E-state index contributed by atoms with van der Waals surface area (Å²) >= 11 is 0. The second kappa shape index (κ2) is 3.69. The molecule has 3 N–H and O–H groups in total. The molecule has 1 aromatic carbocycles. The summed E-state index contributed by atoms with van der Waals surface area (Å²) < 4.78 is 0. The van der Waals surface area contributed by atoms with E-state index in [1.165, 1.54) is 0 Å². The van der Waals surface area contributed by atoms with Crippen molar-refractivity contribution in [2.45, 2.75) is 33.1 Å². The Labute approximate surface area is 79.4 Å². The maximum absolute atomic E-state index is 9.44. The molecule has 0 aliphatic carbocycles. The monoisotopic (exact) mass is 179 g/mol. The molecule has 1 aromatic rings. The molecule has 0 aliphatic rings. The summed E-state index contributed by atoms with van der Waals surface area (Å²) in [7, 11) is 0. The third-order valence-corrected chi connectivity index (χ3v) is 2.59. The number of anilines is 1. The SMILES string of the molecule is CCC(C)c1c(C)ccc(O)c1N. The molecule has 0 aromatic heterocycles. The highest BCUT2D eigenvalue weighted by Gasteiger charge is 2.12. The highest BCUT2D eigenvalue weighted by atomic mass is 16.3. The van der Waals surface area contributed by atoms with Crippen LogP contribution in [0.2, 0.25) is 0 Å². The Balaban J connectivity index is 3.25. The zero-order valence-corrected chi connectivity index (χ0v) is 8.46. The van der Waals surface area contributed by atoms with Crippen molar-refractivity contribution in [3.8, 4) is 5.75 Å². The first-order valence-electron chi connectivity index (χ1n) is 4.65. The van der Waals surface area contributed by atoms with Crippen LogP contribution in [0.25, 0.3) is 0 Å². The number of benzene rings is 1. The molecule has 0 heterocycles. The Bertz CT molecular complexity index is 307. The van der Waals surface area contributed by atoms with Crippen molar-refractivity contribution in [3.05, 3.63) is 23.3 Å². The van der Waals surface area contributed by atoms with Gasteiger partial charge in [0.1, 0.15) is 5.75 Å². The molecular formula is C11H17NO. The Kier molecular flexibility index (Phi) is 2.81. The maximum Gasteiger partial charge on any atom is 0.138 e. The molecule has 0 bridgehead atoms. The number of rotatable bonds is 2. The van der Waals surface area contributed by atoms with Gasteiger partial charge in [-0.25, -0.2) is 0 Å². The van der Waals surface area contributed by atoms with Crippen molar-refractivity contribution >= 4 is 5.69 Å². The molecule has 0 saturated heterocycles. The number of aryl methyl sites for hydroxylation is 1. The second-order valence-corrected chi connectivity index (χ2v) is 3.54. The van der Waals surface area contributed by atoms with Crippen LogP contribution in [0, 0.1) is 6.92 Å². The molecule has 72 valence electrons. The van der Waals surface area contributed by atoms with E-state index < -0.39 is 0 Å². The van der Waals surface area contributed by atoms with Gasteiger partial charge in [0.25, 0.3) is 0 Å². The Morgan fingerprint density at radius 2 is 2.08 bits per heavy atom. The van der Waals surface area contributed by atoms with Gasteiger partial charge in [0.2, 0.25) is 0 Å². The van der Waals surface area contributed by atoms with E-state index in [0.29, 0.717) is 11.6 Å². The normalized spacial score (nSPS) is 12.8. The predicted molar refractivity (Wildman–Crippen MR) is 56.0 cm³/mol. The van der Waals surface area contributed by atoms with Gasteiger partial charge >= 0.3 is 0 Å². The molecule has 1 unspecified atom stereocenters. The predicted octanol–water partition coefficient (Wildman–Crippen LogP) is 2.80. The van der Waals surface area contributed by atoms with Gasteiger partial charge in [-0.2, -0.15) is 0 Å². The highest BCUT2D eigenvalue weighted by molar-refractivity contribution is 5.61. The van der Waals surface area contributed by atoms with Crippen LogP contribution in [0.4, 0.5) is 5.69 Å². The molecule has 0 spiro atoms. The van der Waals surface area contributed by atoms with Crippen LogP contribution in [0.1, 0.15) is 37.3 Å². The Morgan fingerprint density at radius 1 is 1.46 bits per heavy atom. The van der Waals surface area contributed by atoms with Crippen molar-refractivity contribution < 1.29 is 5.11 Å². The fourth-order valence-corrected chi connectivity index (χ4v) is 1.59. The third kappa shape index (κ3) is 1.77. The number of aromatic hydroxyl groups is 1. The molecule has 0 radical (unpaired) electrons. The lowest BCUT2D eigenvalue weighted by Gasteiger charge is -2.16. The number of nitrogen functional groups attached to an aromatic ring is 1. The minimum atomic E-state index is 0.195. The minimum absolute atomic E-state index is 0.195. The Morgan fingerprint density at radius 3 is 2.62 bits per heavy atom. The van der Waals surface area contributed by atoms with Gasteiger partial charge in [-0.1, -0.05) is 19.9 Å². The quantitative estimate of drug-likeness (QED) is 0.541. The molecule has 13 heavy (non-hydrogen) atoms. The zero-order valence-electron chi connectivity index (χ0n) is 8.46. The summed E-state index contributed by atoms with van der Waals surface area (Å²) in [6, 6.07) is 3.56. The molecule has 0 aliphatic heterocycles. The smallest absolute Gasteiger partial charge is 0.138 e. The van der Waals surface area contributed by atoms with E-state index in [-0.39, 0.29) is 5.75 Å². The van der Waals surface area contributed by atoms with Crippen molar-refractivity contribution in [1.29, 1.82) is 0 Å². The van der Waals surface area contributed by atoms with Gasteiger partial charge in [-0.05, 0) is 36.5 Å². The van der Waals surface area contributed by atoms with Crippen LogP contribution in [0.15, 0.2) is 12.1 Å². The third-order valence-electron chi connectivity index (χ3n) is 2.59. The molecule has 1 atom stereocenters. The lowest BCUT2D eigenvalue weighted by molar-refractivity contribution is 0.476.